The van der Waals surface area contributed by atoms with Crippen LogP contribution in [0, 0.1) is 11.7 Å². The quantitative estimate of drug-likeness (QED) is 0.892. The molecular formula is C15H22FNO. The van der Waals surface area contributed by atoms with E-state index >= 15 is 0 Å². The van der Waals surface area contributed by atoms with Gasteiger partial charge in [0.25, 0.3) is 0 Å². The predicted molar refractivity (Wildman–Crippen MR) is 70.8 cm³/mol. The molecule has 1 aromatic carbocycles. The van der Waals surface area contributed by atoms with Crippen LogP contribution in [0.4, 0.5) is 4.39 Å². The van der Waals surface area contributed by atoms with Gasteiger partial charge in [-0.3, -0.25) is 0 Å². The van der Waals surface area contributed by atoms with Gasteiger partial charge in [0.1, 0.15) is 5.82 Å². The van der Waals surface area contributed by atoms with Crippen molar-refractivity contribution in [2.45, 2.75) is 38.8 Å². The first-order valence-corrected chi connectivity index (χ1v) is 6.75. The van der Waals surface area contributed by atoms with Gasteiger partial charge in [0.15, 0.2) is 0 Å². The Morgan fingerprint density at radius 3 is 2.22 bits per heavy atom. The Balaban J connectivity index is 1.95. The monoisotopic (exact) mass is 251 g/mol. The van der Waals surface area contributed by atoms with E-state index in [9.17, 15) is 9.50 Å². The fourth-order valence-electron chi connectivity index (χ4n) is 2.68. The SMILES string of the molecule is CC(C)N1CCC(C(O)c2ccc(F)cc2)CC1. The van der Waals surface area contributed by atoms with Gasteiger partial charge >= 0.3 is 0 Å². The van der Waals surface area contributed by atoms with Crippen LogP contribution in [-0.4, -0.2) is 29.1 Å². The van der Waals surface area contributed by atoms with E-state index in [1.807, 2.05) is 0 Å². The van der Waals surface area contributed by atoms with E-state index in [0.717, 1.165) is 31.5 Å². The number of rotatable bonds is 3. The van der Waals surface area contributed by atoms with Crippen molar-refractivity contribution in [1.82, 2.24) is 4.90 Å². The van der Waals surface area contributed by atoms with E-state index in [0.29, 0.717) is 12.0 Å². The van der Waals surface area contributed by atoms with Crippen molar-refractivity contribution in [2.24, 2.45) is 5.92 Å². The molecule has 1 atom stereocenters. The Kier molecular flexibility index (Phi) is 4.36. The summed E-state index contributed by atoms with van der Waals surface area (Å²) in [5.41, 5.74) is 0.833. The molecule has 2 rings (SSSR count). The molecule has 1 N–H and O–H groups in total. The molecular weight excluding hydrogens is 229 g/mol. The zero-order valence-electron chi connectivity index (χ0n) is 11.1. The molecule has 100 valence electrons. The molecule has 0 saturated carbocycles. The molecule has 0 aromatic heterocycles. The fourth-order valence-corrected chi connectivity index (χ4v) is 2.68. The summed E-state index contributed by atoms with van der Waals surface area (Å²) in [5.74, 6) is 0.0473. The lowest BCUT2D eigenvalue weighted by Crippen LogP contribution is -2.39. The van der Waals surface area contributed by atoms with Gasteiger partial charge in [0.05, 0.1) is 6.10 Å². The lowest BCUT2D eigenvalue weighted by molar-refractivity contribution is 0.0499. The molecule has 1 unspecified atom stereocenters. The number of hydrogen-bond acceptors (Lipinski definition) is 2. The maximum Gasteiger partial charge on any atom is 0.123 e. The number of hydrogen-bond donors (Lipinski definition) is 1. The molecule has 0 spiro atoms. The summed E-state index contributed by atoms with van der Waals surface area (Å²) in [6, 6.07) is 6.79. The highest BCUT2D eigenvalue weighted by atomic mass is 19.1. The Morgan fingerprint density at radius 1 is 1.17 bits per heavy atom. The summed E-state index contributed by atoms with van der Waals surface area (Å²) in [6.45, 7) is 6.49. The molecule has 1 saturated heterocycles. The van der Waals surface area contributed by atoms with Crippen LogP contribution >= 0.6 is 0 Å². The smallest absolute Gasteiger partial charge is 0.123 e. The van der Waals surface area contributed by atoms with Crippen LogP contribution in [-0.2, 0) is 0 Å². The molecule has 1 aromatic rings. The maximum atomic E-state index is 12.8. The van der Waals surface area contributed by atoms with Crippen LogP contribution in [0.5, 0.6) is 0 Å². The molecule has 1 aliphatic heterocycles. The second-order valence-corrected chi connectivity index (χ2v) is 5.46. The third-order valence-corrected chi connectivity index (χ3v) is 3.96. The fraction of sp³-hybridized carbons (Fsp3) is 0.600. The Hall–Kier alpha value is -0.930. The number of aliphatic hydroxyl groups excluding tert-OH is 1. The number of likely N-dealkylation sites (tertiary alicyclic amines) is 1. The zero-order chi connectivity index (χ0) is 13.1. The van der Waals surface area contributed by atoms with Gasteiger partial charge in [-0.05, 0) is 63.4 Å². The first-order valence-electron chi connectivity index (χ1n) is 6.75. The average Bonchev–Trinajstić information content (AvgIpc) is 2.39. The van der Waals surface area contributed by atoms with Gasteiger partial charge < -0.3 is 10.0 Å². The molecule has 1 fully saturated rings. The largest absolute Gasteiger partial charge is 0.388 e. The maximum absolute atomic E-state index is 12.8. The Morgan fingerprint density at radius 2 is 1.72 bits per heavy atom. The Labute approximate surface area is 108 Å². The second-order valence-electron chi connectivity index (χ2n) is 5.46. The number of halogens is 1. The summed E-state index contributed by atoms with van der Waals surface area (Å²) in [4.78, 5) is 2.44. The van der Waals surface area contributed by atoms with E-state index in [1.54, 1.807) is 12.1 Å². The van der Waals surface area contributed by atoms with Gasteiger partial charge in [-0.15, -0.1) is 0 Å². The highest BCUT2D eigenvalue weighted by Crippen LogP contribution is 2.31. The molecule has 1 aliphatic rings. The minimum atomic E-state index is -0.458. The lowest BCUT2D eigenvalue weighted by Gasteiger charge is -2.36. The molecule has 3 heteroatoms. The van der Waals surface area contributed by atoms with Crippen molar-refractivity contribution in [3.05, 3.63) is 35.6 Å². The predicted octanol–water partition coefficient (Wildman–Crippen LogP) is 2.98. The topological polar surface area (TPSA) is 23.5 Å². The third-order valence-electron chi connectivity index (χ3n) is 3.96. The van der Waals surface area contributed by atoms with Crippen molar-refractivity contribution in [3.63, 3.8) is 0 Å². The van der Waals surface area contributed by atoms with Crippen LogP contribution in [0.1, 0.15) is 38.4 Å². The summed E-state index contributed by atoms with van der Waals surface area (Å²) in [6.07, 6.45) is 1.56. The van der Waals surface area contributed by atoms with Gasteiger partial charge in [-0.1, -0.05) is 12.1 Å². The molecule has 18 heavy (non-hydrogen) atoms. The third kappa shape index (κ3) is 3.09. The van der Waals surface area contributed by atoms with Crippen molar-refractivity contribution in [2.75, 3.05) is 13.1 Å². The van der Waals surface area contributed by atoms with Crippen molar-refractivity contribution < 1.29 is 9.50 Å². The van der Waals surface area contributed by atoms with Gasteiger partial charge in [0.2, 0.25) is 0 Å². The van der Waals surface area contributed by atoms with E-state index in [2.05, 4.69) is 18.7 Å². The van der Waals surface area contributed by atoms with E-state index in [4.69, 9.17) is 0 Å². The molecule has 0 aliphatic carbocycles. The first-order chi connectivity index (χ1) is 8.58. The van der Waals surface area contributed by atoms with E-state index < -0.39 is 6.10 Å². The molecule has 1 heterocycles. The molecule has 2 nitrogen and oxygen atoms in total. The highest BCUT2D eigenvalue weighted by Gasteiger charge is 2.26. The summed E-state index contributed by atoms with van der Waals surface area (Å²) in [7, 11) is 0. The number of nitrogens with zero attached hydrogens (tertiary/aromatic N) is 1. The van der Waals surface area contributed by atoms with Crippen LogP contribution in [0.25, 0.3) is 0 Å². The van der Waals surface area contributed by atoms with Crippen LogP contribution in [0.15, 0.2) is 24.3 Å². The molecule has 0 radical (unpaired) electrons. The van der Waals surface area contributed by atoms with Gasteiger partial charge in [-0.25, -0.2) is 4.39 Å². The van der Waals surface area contributed by atoms with Crippen molar-refractivity contribution in [3.8, 4) is 0 Å². The van der Waals surface area contributed by atoms with Crippen LogP contribution < -0.4 is 0 Å². The number of piperidine rings is 1. The Bertz CT molecular complexity index is 369. The molecule has 0 amide bonds. The van der Waals surface area contributed by atoms with Gasteiger partial charge in [0, 0.05) is 6.04 Å². The second kappa shape index (κ2) is 5.81. The van der Waals surface area contributed by atoms with E-state index in [1.165, 1.54) is 12.1 Å². The average molecular weight is 251 g/mol. The van der Waals surface area contributed by atoms with Crippen LogP contribution in [0.2, 0.25) is 0 Å². The summed E-state index contributed by atoms with van der Waals surface area (Å²) >= 11 is 0. The number of benzene rings is 1. The van der Waals surface area contributed by atoms with Crippen molar-refractivity contribution in [1.29, 1.82) is 0 Å². The van der Waals surface area contributed by atoms with Crippen molar-refractivity contribution >= 4 is 0 Å². The van der Waals surface area contributed by atoms with Gasteiger partial charge in [-0.2, -0.15) is 0 Å². The highest BCUT2D eigenvalue weighted by molar-refractivity contribution is 5.19. The molecule has 0 bridgehead atoms. The summed E-state index contributed by atoms with van der Waals surface area (Å²) < 4.78 is 12.8. The minimum Gasteiger partial charge on any atom is -0.388 e. The first kappa shape index (κ1) is 13.5. The zero-order valence-corrected chi connectivity index (χ0v) is 11.1. The number of aliphatic hydroxyl groups is 1. The lowest BCUT2D eigenvalue weighted by atomic mass is 9.87. The van der Waals surface area contributed by atoms with Crippen LogP contribution in [0.3, 0.4) is 0 Å². The summed E-state index contributed by atoms with van der Waals surface area (Å²) in [5, 5.41) is 10.3. The minimum absolute atomic E-state index is 0.249. The van der Waals surface area contributed by atoms with E-state index in [-0.39, 0.29) is 5.82 Å². The standard InChI is InChI=1S/C15H22FNO/c1-11(2)17-9-7-13(8-10-17)15(18)12-3-5-14(16)6-4-12/h3-6,11,13,15,18H,7-10H2,1-2H3. The normalized spacial score (nSPS) is 20.3.